The molecule has 0 aromatic carbocycles. The van der Waals surface area contributed by atoms with Crippen LogP contribution >= 0.6 is 15.9 Å². The van der Waals surface area contributed by atoms with Crippen molar-refractivity contribution in [3.05, 3.63) is 30.1 Å². The van der Waals surface area contributed by atoms with Crippen LogP contribution < -0.4 is 0 Å². The molecule has 5 nitrogen and oxygen atoms in total. The number of fused-ring (bicyclic) bond motifs is 1. The Morgan fingerprint density at radius 3 is 2.78 bits per heavy atom. The molecule has 0 fully saturated rings. The first kappa shape index (κ1) is 13.2. The largest absolute Gasteiger partial charge is 0.291 e. The summed E-state index contributed by atoms with van der Waals surface area (Å²) in [6.45, 7) is 1.55. The molecule has 0 spiro atoms. The molecule has 96 valence electrons. The van der Waals surface area contributed by atoms with Crippen molar-refractivity contribution < 1.29 is 13.2 Å². The standard InChI is InChI=1S/C11H11BrN2O3S/c1-2-18(16,17)11-8-5-3-4-6-14(8)13-10(11)9(15)7-12/h3-6H,2,7H2,1H3. The lowest BCUT2D eigenvalue weighted by Gasteiger charge is -2.00. The van der Waals surface area contributed by atoms with Gasteiger partial charge in [-0.3, -0.25) is 4.79 Å². The van der Waals surface area contributed by atoms with Crippen molar-refractivity contribution in [3.63, 3.8) is 0 Å². The highest BCUT2D eigenvalue weighted by molar-refractivity contribution is 9.09. The molecule has 0 aliphatic carbocycles. The molecule has 0 aliphatic rings. The van der Waals surface area contributed by atoms with Crippen molar-refractivity contribution in [2.24, 2.45) is 0 Å². The molecule has 0 atom stereocenters. The molecule has 2 aromatic heterocycles. The lowest BCUT2D eigenvalue weighted by Crippen LogP contribution is -2.11. The molecule has 0 unspecified atom stereocenters. The number of ketones is 1. The summed E-state index contributed by atoms with van der Waals surface area (Å²) in [4.78, 5) is 11.8. The Balaban J connectivity index is 2.86. The van der Waals surface area contributed by atoms with Crippen molar-refractivity contribution >= 4 is 37.1 Å². The minimum atomic E-state index is -3.49. The maximum Gasteiger partial charge on any atom is 0.194 e. The van der Waals surface area contributed by atoms with Gasteiger partial charge >= 0.3 is 0 Å². The van der Waals surface area contributed by atoms with Gasteiger partial charge in [-0.15, -0.1) is 0 Å². The van der Waals surface area contributed by atoms with Crippen LogP contribution in [0.1, 0.15) is 17.4 Å². The number of nitrogens with zero attached hydrogens (tertiary/aromatic N) is 2. The van der Waals surface area contributed by atoms with E-state index < -0.39 is 9.84 Å². The van der Waals surface area contributed by atoms with Crippen LogP contribution in [0.3, 0.4) is 0 Å². The van der Waals surface area contributed by atoms with Crippen molar-refractivity contribution in [1.29, 1.82) is 0 Å². The molecule has 18 heavy (non-hydrogen) atoms. The molecular formula is C11H11BrN2O3S. The predicted octanol–water partition coefficient (Wildman–Crippen LogP) is 1.71. The zero-order chi connectivity index (χ0) is 13.3. The molecule has 2 heterocycles. The average molecular weight is 331 g/mol. The van der Waals surface area contributed by atoms with Crippen LogP contribution in [0.25, 0.3) is 5.52 Å². The van der Waals surface area contributed by atoms with E-state index in [0.717, 1.165) is 0 Å². The minimum absolute atomic E-state index is 0.0000694. The van der Waals surface area contributed by atoms with Gasteiger partial charge in [0.1, 0.15) is 10.6 Å². The van der Waals surface area contributed by atoms with E-state index in [9.17, 15) is 13.2 Å². The molecule has 0 saturated carbocycles. The van der Waals surface area contributed by atoms with Gasteiger partial charge < -0.3 is 0 Å². The van der Waals surface area contributed by atoms with Crippen molar-refractivity contribution in [1.82, 2.24) is 9.61 Å². The SMILES string of the molecule is CCS(=O)(=O)c1c(C(=O)CBr)nn2ccccc12. The van der Waals surface area contributed by atoms with Crippen molar-refractivity contribution in [2.75, 3.05) is 11.1 Å². The maximum atomic E-state index is 12.1. The van der Waals surface area contributed by atoms with E-state index in [0.29, 0.717) is 5.52 Å². The summed E-state index contributed by atoms with van der Waals surface area (Å²) in [5.41, 5.74) is 0.434. The Labute approximate surface area is 113 Å². The van der Waals surface area contributed by atoms with Gasteiger partial charge in [-0.05, 0) is 12.1 Å². The van der Waals surface area contributed by atoms with Crippen LogP contribution in [0, 0.1) is 0 Å². The first-order valence-electron chi connectivity index (χ1n) is 5.30. The number of aromatic nitrogens is 2. The summed E-state index contributed by atoms with van der Waals surface area (Å²) in [5.74, 6) is -0.406. The highest BCUT2D eigenvalue weighted by Gasteiger charge is 2.27. The summed E-state index contributed by atoms with van der Waals surface area (Å²) in [7, 11) is -3.49. The molecule has 7 heteroatoms. The molecule has 0 aliphatic heterocycles. The lowest BCUT2D eigenvalue weighted by molar-refractivity contribution is 0.101. The second-order valence-corrected chi connectivity index (χ2v) is 6.44. The fourth-order valence-corrected chi connectivity index (χ4v) is 3.16. The van der Waals surface area contributed by atoms with Gasteiger partial charge in [0, 0.05) is 6.20 Å². The number of carbonyl (C=O) groups is 1. The van der Waals surface area contributed by atoms with E-state index in [2.05, 4.69) is 21.0 Å². The molecule has 0 N–H and O–H groups in total. The molecular weight excluding hydrogens is 320 g/mol. The van der Waals surface area contributed by atoms with Gasteiger partial charge in [0.25, 0.3) is 0 Å². The van der Waals surface area contributed by atoms with E-state index in [1.807, 2.05) is 0 Å². The van der Waals surface area contributed by atoms with Gasteiger partial charge in [-0.25, -0.2) is 12.9 Å². The summed E-state index contributed by atoms with van der Waals surface area (Å²) in [5, 5.41) is 4.10. The highest BCUT2D eigenvalue weighted by Crippen LogP contribution is 2.23. The number of sulfone groups is 1. The number of hydrogen-bond donors (Lipinski definition) is 0. The van der Waals surface area contributed by atoms with Gasteiger partial charge in [-0.1, -0.05) is 28.9 Å². The predicted molar refractivity (Wildman–Crippen MR) is 71.0 cm³/mol. The quantitative estimate of drug-likeness (QED) is 0.632. The van der Waals surface area contributed by atoms with Crippen LogP contribution in [-0.2, 0) is 9.84 Å². The molecule has 0 radical (unpaired) electrons. The first-order valence-corrected chi connectivity index (χ1v) is 8.08. The second-order valence-electron chi connectivity index (χ2n) is 3.67. The van der Waals surface area contributed by atoms with E-state index in [-0.39, 0.29) is 27.5 Å². The Bertz CT molecular complexity index is 706. The third-order valence-electron chi connectivity index (χ3n) is 2.57. The lowest BCUT2D eigenvalue weighted by atomic mass is 10.3. The molecule has 0 bridgehead atoms. The zero-order valence-electron chi connectivity index (χ0n) is 9.63. The van der Waals surface area contributed by atoms with Gasteiger partial charge in [0.2, 0.25) is 0 Å². The van der Waals surface area contributed by atoms with Crippen molar-refractivity contribution in [3.8, 4) is 0 Å². The third-order valence-corrected chi connectivity index (χ3v) is 4.87. The molecule has 2 aromatic rings. The Morgan fingerprint density at radius 2 is 2.17 bits per heavy atom. The number of alkyl halides is 1. The number of carbonyl (C=O) groups excluding carboxylic acids is 1. The van der Waals surface area contributed by atoms with Crippen LogP contribution in [0.5, 0.6) is 0 Å². The fraction of sp³-hybridized carbons (Fsp3) is 0.273. The first-order chi connectivity index (χ1) is 8.51. The smallest absolute Gasteiger partial charge is 0.194 e. The average Bonchev–Trinajstić information content (AvgIpc) is 2.77. The maximum absolute atomic E-state index is 12.1. The van der Waals surface area contributed by atoms with E-state index >= 15 is 0 Å². The third kappa shape index (κ3) is 2.08. The van der Waals surface area contributed by atoms with E-state index in [4.69, 9.17) is 0 Å². The van der Waals surface area contributed by atoms with E-state index in [1.54, 1.807) is 31.3 Å². The molecule has 0 amide bonds. The Morgan fingerprint density at radius 1 is 1.44 bits per heavy atom. The second kappa shape index (κ2) is 4.81. The van der Waals surface area contributed by atoms with Crippen molar-refractivity contribution in [2.45, 2.75) is 11.8 Å². The monoisotopic (exact) mass is 330 g/mol. The zero-order valence-corrected chi connectivity index (χ0v) is 12.0. The summed E-state index contributed by atoms with van der Waals surface area (Å²) >= 11 is 3.04. The topological polar surface area (TPSA) is 68.5 Å². The minimum Gasteiger partial charge on any atom is -0.291 e. The van der Waals surface area contributed by atoms with Gasteiger partial charge in [-0.2, -0.15) is 5.10 Å². The van der Waals surface area contributed by atoms with Gasteiger partial charge in [0.05, 0.1) is 16.6 Å². The Hall–Kier alpha value is -1.21. The van der Waals surface area contributed by atoms with Crippen LogP contribution in [0.2, 0.25) is 0 Å². The number of pyridine rings is 1. The van der Waals surface area contributed by atoms with Gasteiger partial charge in [0.15, 0.2) is 15.6 Å². The molecule has 2 rings (SSSR count). The normalized spacial score (nSPS) is 11.9. The number of rotatable bonds is 4. The van der Waals surface area contributed by atoms with Crippen LogP contribution in [0.15, 0.2) is 29.3 Å². The summed E-state index contributed by atoms with van der Waals surface area (Å²) in [6.07, 6.45) is 1.62. The highest BCUT2D eigenvalue weighted by atomic mass is 79.9. The van der Waals surface area contributed by atoms with E-state index in [1.165, 1.54) is 4.52 Å². The number of Topliss-reactive ketones (excluding diaryl/α,β-unsaturated/α-hetero) is 1. The number of hydrogen-bond acceptors (Lipinski definition) is 4. The molecule has 0 saturated heterocycles. The van der Waals surface area contributed by atoms with Crippen LogP contribution in [0.4, 0.5) is 0 Å². The number of halogens is 1. The Kier molecular flexibility index (Phi) is 3.54. The summed E-state index contributed by atoms with van der Waals surface area (Å²) in [6, 6.07) is 5.08. The fourth-order valence-electron chi connectivity index (χ4n) is 1.67. The van der Waals surface area contributed by atoms with Crippen LogP contribution in [-0.4, -0.2) is 34.9 Å². The summed E-state index contributed by atoms with van der Waals surface area (Å²) < 4.78 is 25.6.